The molecule has 1 rings (SSSR count). The Morgan fingerprint density at radius 1 is 1.64 bits per heavy atom. The molecule has 1 amide bonds. The largest absolute Gasteiger partial charge is 0.351 e. The second-order valence-corrected chi connectivity index (χ2v) is 3.16. The van der Waals surface area contributed by atoms with Crippen molar-refractivity contribution in [1.82, 2.24) is 10.6 Å². The van der Waals surface area contributed by atoms with Crippen LogP contribution >= 0.6 is 0 Å². The van der Waals surface area contributed by atoms with Crippen molar-refractivity contribution in [3.05, 3.63) is 0 Å². The molecule has 0 radical (unpaired) electrons. The van der Waals surface area contributed by atoms with Gasteiger partial charge in [0.2, 0.25) is 5.91 Å². The third-order valence-electron chi connectivity index (χ3n) is 1.95. The summed E-state index contributed by atoms with van der Waals surface area (Å²) in [6.45, 7) is 5.00. The van der Waals surface area contributed by atoms with E-state index in [-0.39, 0.29) is 18.0 Å². The second kappa shape index (κ2) is 3.72. The lowest BCUT2D eigenvalue weighted by atomic mass is 10.1. The van der Waals surface area contributed by atoms with E-state index in [0.717, 1.165) is 19.4 Å². The number of amides is 1. The Morgan fingerprint density at radius 3 is 2.91 bits per heavy atom. The van der Waals surface area contributed by atoms with Gasteiger partial charge in [0.25, 0.3) is 0 Å². The van der Waals surface area contributed by atoms with Gasteiger partial charge in [-0.1, -0.05) is 13.3 Å². The van der Waals surface area contributed by atoms with Crippen LogP contribution in [0.25, 0.3) is 0 Å². The summed E-state index contributed by atoms with van der Waals surface area (Å²) >= 11 is 0. The van der Waals surface area contributed by atoms with E-state index in [4.69, 9.17) is 0 Å². The summed E-state index contributed by atoms with van der Waals surface area (Å²) in [5, 5.41) is 6.12. The number of rotatable bonds is 2. The Morgan fingerprint density at radius 2 is 2.36 bits per heavy atom. The zero-order valence-electron chi connectivity index (χ0n) is 7.18. The van der Waals surface area contributed by atoms with E-state index in [9.17, 15) is 4.79 Å². The SMILES string of the molecule is CCC[C@H]1NC[C@H](C)NC1=O. The summed E-state index contributed by atoms with van der Waals surface area (Å²) in [6, 6.07) is 0.340. The molecule has 2 N–H and O–H groups in total. The highest BCUT2D eigenvalue weighted by atomic mass is 16.2. The molecule has 11 heavy (non-hydrogen) atoms. The maximum absolute atomic E-state index is 11.2. The molecule has 0 aliphatic carbocycles. The van der Waals surface area contributed by atoms with Gasteiger partial charge in [0.05, 0.1) is 6.04 Å². The van der Waals surface area contributed by atoms with Crippen molar-refractivity contribution in [2.24, 2.45) is 0 Å². The fraction of sp³-hybridized carbons (Fsp3) is 0.875. The normalized spacial score (nSPS) is 31.6. The zero-order valence-corrected chi connectivity index (χ0v) is 7.18. The average molecular weight is 156 g/mol. The Kier molecular flexibility index (Phi) is 2.88. The van der Waals surface area contributed by atoms with E-state index in [2.05, 4.69) is 17.6 Å². The lowest BCUT2D eigenvalue weighted by molar-refractivity contribution is -0.125. The number of carbonyl (C=O) groups is 1. The summed E-state index contributed by atoms with van der Waals surface area (Å²) < 4.78 is 0. The Bertz CT molecular complexity index is 147. The van der Waals surface area contributed by atoms with Crippen LogP contribution in [0.4, 0.5) is 0 Å². The molecule has 2 atom stereocenters. The minimum atomic E-state index is 0.0520. The molecule has 0 aromatic carbocycles. The predicted octanol–water partition coefficient (Wildman–Crippen LogP) is 0.263. The van der Waals surface area contributed by atoms with Crippen molar-refractivity contribution in [2.75, 3.05) is 6.54 Å². The quantitative estimate of drug-likeness (QED) is 0.602. The van der Waals surface area contributed by atoms with Gasteiger partial charge in [-0.25, -0.2) is 0 Å². The monoisotopic (exact) mass is 156 g/mol. The molecule has 3 heteroatoms. The van der Waals surface area contributed by atoms with E-state index in [0.29, 0.717) is 0 Å². The highest BCUT2D eigenvalue weighted by molar-refractivity contribution is 5.82. The molecule has 1 heterocycles. The zero-order chi connectivity index (χ0) is 8.27. The van der Waals surface area contributed by atoms with E-state index in [1.54, 1.807) is 0 Å². The minimum absolute atomic E-state index is 0.0520. The molecule has 0 aromatic rings. The molecule has 1 aliphatic rings. The highest BCUT2D eigenvalue weighted by Gasteiger charge is 2.23. The van der Waals surface area contributed by atoms with E-state index in [1.807, 2.05) is 6.92 Å². The molecule has 0 saturated carbocycles. The highest BCUT2D eigenvalue weighted by Crippen LogP contribution is 2.01. The second-order valence-electron chi connectivity index (χ2n) is 3.16. The summed E-state index contributed by atoms with van der Waals surface area (Å²) in [6.07, 6.45) is 2.00. The number of nitrogens with one attached hydrogen (secondary N) is 2. The van der Waals surface area contributed by atoms with Gasteiger partial charge in [-0.2, -0.15) is 0 Å². The minimum Gasteiger partial charge on any atom is -0.351 e. The standard InChI is InChI=1S/C8H16N2O/c1-3-4-7-8(11)10-6(2)5-9-7/h6-7,9H,3-5H2,1-2H3,(H,10,11)/t6-,7+/m0/s1. The summed E-state index contributed by atoms with van der Waals surface area (Å²) in [7, 11) is 0. The maximum Gasteiger partial charge on any atom is 0.237 e. The first-order chi connectivity index (χ1) is 5.24. The predicted molar refractivity (Wildman–Crippen MR) is 44.3 cm³/mol. The van der Waals surface area contributed by atoms with E-state index < -0.39 is 0 Å². The molecule has 3 nitrogen and oxygen atoms in total. The van der Waals surface area contributed by atoms with E-state index in [1.165, 1.54) is 0 Å². The van der Waals surface area contributed by atoms with Crippen LogP contribution in [0.3, 0.4) is 0 Å². The van der Waals surface area contributed by atoms with Crippen LogP contribution in [-0.4, -0.2) is 24.5 Å². The molecular formula is C8H16N2O. The van der Waals surface area contributed by atoms with Gasteiger partial charge in [-0.3, -0.25) is 4.79 Å². The average Bonchev–Trinajstić information content (AvgIpc) is 1.95. The molecule has 0 spiro atoms. The van der Waals surface area contributed by atoms with Gasteiger partial charge in [-0.05, 0) is 13.3 Å². The topological polar surface area (TPSA) is 41.1 Å². The van der Waals surface area contributed by atoms with Gasteiger partial charge >= 0.3 is 0 Å². The molecule has 1 fully saturated rings. The molecule has 0 bridgehead atoms. The number of piperazine rings is 1. The molecular weight excluding hydrogens is 140 g/mol. The van der Waals surface area contributed by atoms with Crippen molar-refractivity contribution in [2.45, 2.75) is 38.8 Å². The molecule has 0 unspecified atom stereocenters. The molecule has 0 aromatic heterocycles. The molecule has 64 valence electrons. The van der Waals surface area contributed by atoms with Gasteiger partial charge in [0.15, 0.2) is 0 Å². The number of hydrogen-bond donors (Lipinski definition) is 2. The van der Waals surface area contributed by atoms with Crippen molar-refractivity contribution in [3.63, 3.8) is 0 Å². The van der Waals surface area contributed by atoms with Gasteiger partial charge in [-0.15, -0.1) is 0 Å². The van der Waals surface area contributed by atoms with Gasteiger partial charge < -0.3 is 10.6 Å². The lowest BCUT2D eigenvalue weighted by Gasteiger charge is -2.27. The van der Waals surface area contributed by atoms with Crippen LogP contribution in [0, 0.1) is 0 Å². The Hall–Kier alpha value is -0.570. The van der Waals surface area contributed by atoms with E-state index >= 15 is 0 Å². The third-order valence-corrected chi connectivity index (χ3v) is 1.95. The van der Waals surface area contributed by atoms with Crippen LogP contribution in [0.15, 0.2) is 0 Å². The molecule has 1 aliphatic heterocycles. The van der Waals surface area contributed by atoms with Crippen LogP contribution in [0.1, 0.15) is 26.7 Å². The van der Waals surface area contributed by atoms with Crippen molar-refractivity contribution in [3.8, 4) is 0 Å². The summed E-state index contributed by atoms with van der Waals surface area (Å²) in [5.41, 5.74) is 0. The first kappa shape index (κ1) is 8.53. The van der Waals surface area contributed by atoms with Gasteiger partial charge in [0.1, 0.15) is 0 Å². The Labute approximate surface area is 67.5 Å². The molecule has 1 saturated heterocycles. The van der Waals surface area contributed by atoms with Crippen LogP contribution in [0.5, 0.6) is 0 Å². The third kappa shape index (κ3) is 2.19. The van der Waals surface area contributed by atoms with Crippen molar-refractivity contribution >= 4 is 5.91 Å². The fourth-order valence-corrected chi connectivity index (χ4v) is 1.33. The van der Waals surface area contributed by atoms with Crippen LogP contribution in [-0.2, 0) is 4.79 Å². The first-order valence-electron chi connectivity index (χ1n) is 4.27. The number of hydrogen-bond acceptors (Lipinski definition) is 2. The summed E-state index contributed by atoms with van der Waals surface area (Å²) in [5.74, 6) is 0.158. The fourth-order valence-electron chi connectivity index (χ4n) is 1.33. The van der Waals surface area contributed by atoms with Crippen molar-refractivity contribution < 1.29 is 4.79 Å². The van der Waals surface area contributed by atoms with Crippen LogP contribution < -0.4 is 10.6 Å². The van der Waals surface area contributed by atoms with Crippen molar-refractivity contribution in [1.29, 1.82) is 0 Å². The van der Waals surface area contributed by atoms with Gasteiger partial charge in [0, 0.05) is 12.6 Å². The van der Waals surface area contributed by atoms with Crippen LogP contribution in [0.2, 0.25) is 0 Å². The lowest BCUT2D eigenvalue weighted by Crippen LogP contribution is -2.57. The maximum atomic E-state index is 11.2. The summed E-state index contributed by atoms with van der Waals surface area (Å²) in [4.78, 5) is 11.2. The number of carbonyl (C=O) groups excluding carboxylic acids is 1. The Balaban J connectivity index is 2.38. The smallest absolute Gasteiger partial charge is 0.237 e. The first-order valence-corrected chi connectivity index (χ1v) is 4.27.